The van der Waals surface area contributed by atoms with Crippen LogP contribution >= 0.6 is 0 Å². The molecule has 80 valence electrons. The standard InChI is InChI=1S/C12H15NO2/c1-2-3-4-11-7-5-10(9-13-11)6-8-12(14)15/h5-9H,2-4H2,1H3,(H,14,15)/b8-6+. The normalized spacial score (nSPS) is 10.7. The van der Waals surface area contributed by atoms with Crippen molar-refractivity contribution < 1.29 is 9.90 Å². The molecule has 0 bridgehead atoms. The van der Waals surface area contributed by atoms with Crippen LogP contribution in [0, 0.1) is 0 Å². The first kappa shape index (κ1) is 11.4. The summed E-state index contributed by atoms with van der Waals surface area (Å²) in [7, 11) is 0. The van der Waals surface area contributed by atoms with E-state index in [1.807, 2.05) is 12.1 Å². The summed E-state index contributed by atoms with van der Waals surface area (Å²) in [5.74, 6) is -0.940. The van der Waals surface area contributed by atoms with Gasteiger partial charge in [0.1, 0.15) is 0 Å². The molecule has 3 nitrogen and oxygen atoms in total. The van der Waals surface area contributed by atoms with Gasteiger partial charge in [0.05, 0.1) is 0 Å². The molecule has 0 unspecified atom stereocenters. The van der Waals surface area contributed by atoms with Crippen LogP contribution in [0.25, 0.3) is 6.08 Å². The van der Waals surface area contributed by atoms with E-state index in [0.717, 1.165) is 36.6 Å². The molecule has 0 radical (unpaired) electrons. The van der Waals surface area contributed by atoms with Crippen molar-refractivity contribution in [3.05, 3.63) is 35.7 Å². The van der Waals surface area contributed by atoms with Gasteiger partial charge >= 0.3 is 5.97 Å². The summed E-state index contributed by atoms with van der Waals surface area (Å²) in [6.45, 7) is 2.14. The number of hydrogen-bond donors (Lipinski definition) is 1. The molecule has 1 N–H and O–H groups in total. The molecule has 1 aromatic rings. The fourth-order valence-corrected chi connectivity index (χ4v) is 1.21. The van der Waals surface area contributed by atoms with Crippen molar-refractivity contribution in [2.75, 3.05) is 0 Å². The smallest absolute Gasteiger partial charge is 0.328 e. The number of aliphatic carboxylic acids is 1. The number of aromatic nitrogens is 1. The van der Waals surface area contributed by atoms with Crippen LogP contribution in [-0.4, -0.2) is 16.1 Å². The van der Waals surface area contributed by atoms with Crippen LogP contribution in [0.2, 0.25) is 0 Å². The van der Waals surface area contributed by atoms with Crippen LogP contribution in [0.15, 0.2) is 24.4 Å². The van der Waals surface area contributed by atoms with Gasteiger partial charge in [0.15, 0.2) is 0 Å². The highest BCUT2D eigenvalue weighted by Crippen LogP contribution is 2.05. The first-order chi connectivity index (χ1) is 7.22. The molecule has 1 rings (SSSR count). The van der Waals surface area contributed by atoms with Crippen molar-refractivity contribution in [3.8, 4) is 0 Å². The van der Waals surface area contributed by atoms with Gasteiger partial charge in [0.25, 0.3) is 0 Å². The molecule has 0 amide bonds. The highest BCUT2D eigenvalue weighted by Gasteiger charge is 1.94. The molecule has 0 aliphatic carbocycles. The first-order valence-corrected chi connectivity index (χ1v) is 5.08. The molecule has 15 heavy (non-hydrogen) atoms. The Bertz CT molecular complexity index is 341. The molecule has 3 heteroatoms. The van der Waals surface area contributed by atoms with E-state index in [1.165, 1.54) is 0 Å². The van der Waals surface area contributed by atoms with E-state index in [4.69, 9.17) is 5.11 Å². The SMILES string of the molecule is CCCCc1ccc(/C=C/C(=O)O)cn1. The predicted molar refractivity (Wildman–Crippen MR) is 59.5 cm³/mol. The monoisotopic (exact) mass is 205 g/mol. The number of aryl methyl sites for hydroxylation is 1. The van der Waals surface area contributed by atoms with Crippen LogP contribution in [0.1, 0.15) is 31.0 Å². The Labute approximate surface area is 89.5 Å². The topological polar surface area (TPSA) is 50.2 Å². The van der Waals surface area contributed by atoms with Crippen molar-refractivity contribution in [2.24, 2.45) is 0 Å². The van der Waals surface area contributed by atoms with Crippen LogP contribution in [0.3, 0.4) is 0 Å². The van der Waals surface area contributed by atoms with Gasteiger partial charge in [0.2, 0.25) is 0 Å². The van der Waals surface area contributed by atoms with Gasteiger partial charge in [-0.25, -0.2) is 4.79 Å². The summed E-state index contributed by atoms with van der Waals surface area (Å²) in [5, 5.41) is 8.44. The van der Waals surface area contributed by atoms with Crippen molar-refractivity contribution in [1.82, 2.24) is 4.98 Å². The maximum Gasteiger partial charge on any atom is 0.328 e. The van der Waals surface area contributed by atoms with E-state index in [1.54, 1.807) is 12.3 Å². The molecular weight excluding hydrogens is 190 g/mol. The van der Waals surface area contributed by atoms with Crippen molar-refractivity contribution in [3.63, 3.8) is 0 Å². The second-order valence-corrected chi connectivity index (χ2v) is 3.36. The zero-order valence-corrected chi connectivity index (χ0v) is 8.81. The van der Waals surface area contributed by atoms with Crippen LogP contribution < -0.4 is 0 Å². The van der Waals surface area contributed by atoms with Gasteiger partial charge in [-0.3, -0.25) is 4.98 Å². The highest BCUT2D eigenvalue weighted by molar-refractivity contribution is 5.85. The zero-order chi connectivity index (χ0) is 11.1. The van der Waals surface area contributed by atoms with Gasteiger partial charge < -0.3 is 5.11 Å². The highest BCUT2D eigenvalue weighted by atomic mass is 16.4. The lowest BCUT2D eigenvalue weighted by molar-refractivity contribution is -0.131. The molecule has 0 fully saturated rings. The number of unbranched alkanes of at least 4 members (excludes halogenated alkanes) is 1. The number of carboxylic acid groups (broad SMARTS) is 1. The summed E-state index contributed by atoms with van der Waals surface area (Å²) < 4.78 is 0. The first-order valence-electron chi connectivity index (χ1n) is 5.08. The van der Waals surface area contributed by atoms with Crippen LogP contribution in [0.5, 0.6) is 0 Å². The minimum Gasteiger partial charge on any atom is -0.478 e. The van der Waals surface area contributed by atoms with Gasteiger partial charge in [0, 0.05) is 18.0 Å². The summed E-state index contributed by atoms with van der Waals surface area (Å²) in [4.78, 5) is 14.5. The lowest BCUT2D eigenvalue weighted by atomic mass is 10.1. The number of carbonyl (C=O) groups is 1. The molecule has 0 saturated carbocycles. The van der Waals surface area contributed by atoms with E-state index in [2.05, 4.69) is 11.9 Å². The van der Waals surface area contributed by atoms with Crippen molar-refractivity contribution >= 4 is 12.0 Å². The summed E-state index contributed by atoms with van der Waals surface area (Å²) in [6.07, 6.45) is 7.63. The van der Waals surface area contributed by atoms with Gasteiger partial charge in [-0.2, -0.15) is 0 Å². The number of nitrogens with zero attached hydrogens (tertiary/aromatic N) is 1. The molecule has 0 spiro atoms. The average molecular weight is 205 g/mol. The molecule has 1 aromatic heterocycles. The minimum atomic E-state index is -0.940. The largest absolute Gasteiger partial charge is 0.478 e. The van der Waals surface area contributed by atoms with E-state index in [0.29, 0.717) is 0 Å². The number of pyridine rings is 1. The Kier molecular flexibility index (Phi) is 4.54. The fraction of sp³-hybridized carbons (Fsp3) is 0.333. The Hall–Kier alpha value is -1.64. The quantitative estimate of drug-likeness (QED) is 0.751. The molecule has 1 heterocycles. The van der Waals surface area contributed by atoms with E-state index >= 15 is 0 Å². The molecule has 0 aliphatic heterocycles. The molecular formula is C12H15NO2. The molecule has 0 aliphatic rings. The summed E-state index contributed by atoms with van der Waals surface area (Å²) in [5.41, 5.74) is 1.88. The maximum atomic E-state index is 10.3. The number of rotatable bonds is 5. The number of hydrogen-bond acceptors (Lipinski definition) is 2. The average Bonchev–Trinajstić information content (AvgIpc) is 2.25. The predicted octanol–water partition coefficient (Wildman–Crippen LogP) is 2.52. The van der Waals surface area contributed by atoms with Crippen LogP contribution in [0.4, 0.5) is 0 Å². The molecule has 0 atom stereocenters. The lowest BCUT2D eigenvalue weighted by Crippen LogP contribution is -1.90. The van der Waals surface area contributed by atoms with Gasteiger partial charge in [-0.05, 0) is 30.5 Å². The minimum absolute atomic E-state index is 0.817. The Balaban J connectivity index is 2.60. The van der Waals surface area contributed by atoms with E-state index in [9.17, 15) is 4.79 Å². The second kappa shape index (κ2) is 5.96. The fourth-order valence-electron chi connectivity index (χ4n) is 1.21. The van der Waals surface area contributed by atoms with E-state index < -0.39 is 5.97 Å². The molecule has 0 saturated heterocycles. The number of carboxylic acids is 1. The summed E-state index contributed by atoms with van der Waals surface area (Å²) >= 11 is 0. The van der Waals surface area contributed by atoms with Crippen molar-refractivity contribution in [1.29, 1.82) is 0 Å². The second-order valence-electron chi connectivity index (χ2n) is 3.36. The third kappa shape index (κ3) is 4.40. The maximum absolute atomic E-state index is 10.3. The van der Waals surface area contributed by atoms with E-state index in [-0.39, 0.29) is 0 Å². The lowest BCUT2D eigenvalue weighted by Gasteiger charge is -1.98. The zero-order valence-electron chi connectivity index (χ0n) is 8.81. The Morgan fingerprint density at radius 1 is 1.53 bits per heavy atom. The third-order valence-corrected chi connectivity index (χ3v) is 2.05. The molecule has 0 aromatic carbocycles. The summed E-state index contributed by atoms with van der Waals surface area (Å²) in [6, 6.07) is 3.83. The van der Waals surface area contributed by atoms with Crippen molar-refractivity contribution in [2.45, 2.75) is 26.2 Å². The van der Waals surface area contributed by atoms with Crippen LogP contribution in [-0.2, 0) is 11.2 Å². The van der Waals surface area contributed by atoms with Gasteiger partial charge in [-0.15, -0.1) is 0 Å². The van der Waals surface area contributed by atoms with Gasteiger partial charge in [-0.1, -0.05) is 19.4 Å². The Morgan fingerprint density at radius 3 is 2.87 bits per heavy atom. The third-order valence-electron chi connectivity index (χ3n) is 2.05. The Morgan fingerprint density at radius 2 is 2.33 bits per heavy atom.